The molecule has 3 nitrogen and oxygen atoms in total. The molecule has 0 aliphatic heterocycles. The maximum atomic E-state index is 12.5. The van der Waals surface area contributed by atoms with Gasteiger partial charge < -0.3 is 0 Å². The summed E-state index contributed by atoms with van der Waals surface area (Å²) in [5.41, 5.74) is 0. The van der Waals surface area contributed by atoms with E-state index in [1.54, 1.807) is 0 Å². The number of hydrogen-bond acceptors (Lipinski definition) is 2. The van der Waals surface area contributed by atoms with Gasteiger partial charge in [0.1, 0.15) is 0 Å². The Morgan fingerprint density at radius 1 is 1.00 bits per heavy atom. The van der Waals surface area contributed by atoms with Crippen LogP contribution in [0.2, 0.25) is 0 Å². The Labute approximate surface area is 85.7 Å². The molecule has 0 aliphatic rings. The number of alkyl halides is 7. The highest BCUT2D eigenvalue weighted by Crippen LogP contribution is 2.48. The van der Waals surface area contributed by atoms with Crippen molar-refractivity contribution in [1.29, 1.82) is 0 Å². The van der Waals surface area contributed by atoms with Crippen LogP contribution in [0.3, 0.4) is 0 Å². The molecule has 1 N–H and O–H groups in total. The molecule has 0 aromatic carbocycles. The second-order valence-corrected chi connectivity index (χ2v) is 4.40. The normalized spacial score (nSPS) is 15.2. The summed E-state index contributed by atoms with van der Waals surface area (Å²) in [5, 5.41) is -6.27. The predicted molar refractivity (Wildman–Crippen MR) is 38.5 cm³/mol. The van der Waals surface area contributed by atoms with E-state index in [2.05, 4.69) is 0 Å². The van der Waals surface area contributed by atoms with E-state index in [0.29, 0.717) is 0 Å². The zero-order valence-corrected chi connectivity index (χ0v) is 8.39. The molecule has 0 aliphatic carbocycles. The second kappa shape index (κ2) is 4.02. The van der Waals surface area contributed by atoms with Crippen molar-refractivity contribution < 1.29 is 39.2 Å². The van der Waals surface area contributed by atoms with E-state index in [1.807, 2.05) is 0 Å². The molecule has 0 amide bonds. The molecular formula is C5H6F7NO2S. The van der Waals surface area contributed by atoms with Gasteiger partial charge in [0.25, 0.3) is 10.0 Å². The number of hydrogen-bond donors (Lipinski definition) is 1. The summed E-state index contributed by atoms with van der Waals surface area (Å²) in [6.07, 6.45) is -6.67. The van der Waals surface area contributed by atoms with E-state index in [-0.39, 0.29) is 0 Å². The monoisotopic (exact) mass is 277 g/mol. The van der Waals surface area contributed by atoms with Gasteiger partial charge in [0.2, 0.25) is 0 Å². The van der Waals surface area contributed by atoms with Crippen molar-refractivity contribution in [2.45, 2.75) is 24.3 Å². The number of sulfonamides is 1. The summed E-state index contributed by atoms with van der Waals surface area (Å²) in [6.45, 7) is 0.200. The van der Waals surface area contributed by atoms with E-state index in [9.17, 15) is 39.2 Å². The summed E-state index contributed by atoms with van der Waals surface area (Å²) >= 11 is 0. The van der Waals surface area contributed by atoms with Crippen molar-refractivity contribution in [3.8, 4) is 0 Å². The zero-order valence-electron chi connectivity index (χ0n) is 7.58. The quantitative estimate of drug-likeness (QED) is 0.795. The van der Waals surface area contributed by atoms with Gasteiger partial charge in [0.05, 0.1) is 0 Å². The highest BCUT2D eigenvalue weighted by atomic mass is 32.2. The van der Waals surface area contributed by atoms with Crippen LogP contribution in [0, 0.1) is 0 Å². The fourth-order valence-corrected chi connectivity index (χ4v) is 1.63. The molecule has 16 heavy (non-hydrogen) atoms. The molecule has 98 valence electrons. The van der Waals surface area contributed by atoms with Gasteiger partial charge in [-0.15, -0.1) is 0 Å². The van der Waals surface area contributed by atoms with Gasteiger partial charge in [-0.25, -0.2) is 13.1 Å². The Morgan fingerprint density at radius 2 is 1.38 bits per heavy atom. The topological polar surface area (TPSA) is 46.2 Å². The van der Waals surface area contributed by atoms with E-state index in [1.165, 1.54) is 0 Å². The maximum Gasteiger partial charge on any atom is 0.461 e. The molecule has 0 bridgehead atoms. The van der Waals surface area contributed by atoms with Gasteiger partial charge in [-0.05, 0) is 0 Å². The highest BCUT2D eigenvalue weighted by molar-refractivity contribution is 7.90. The van der Waals surface area contributed by atoms with Crippen LogP contribution in [-0.2, 0) is 10.0 Å². The first-order valence-electron chi connectivity index (χ1n) is 3.63. The van der Waals surface area contributed by atoms with Gasteiger partial charge in [-0.2, -0.15) is 30.7 Å². The number of rotatable bonds is 4. The molecule has 0 fully saturated rings. The zero-order chi connectivity index (χ0) is 13.4. The van der Waals surface area contributed by atoms with Crippen LogP contribution in [0.4, 0.5) is 30.7 Å². The maximum absolute atomic E-state index is 12.5. The molecule has 0 rings (SSSR count). The van der Waals surface area contributed by atoms with Gasteiger partial charge in [0.15, 0.2) is 0 Å². The minimum atomic E-state index is -6.67. The van der Waals surface area contributed by atoms with Crippen LogP contribution >= 0.6 is 0 Å². The largest absolute Gasteiger partial charge is 0.461 e. The first-order valence-corrected chi connectivity index (χ1v) is 5.11. The average molecular weight is 277 g/mol. The lowest BCUT2D eigenvalue weighted by Gasteiger charge is -2.27. The second-order valence-electron chi connectivity index (χ2n) is 2.59. The van der Waals surface area contributed by atoms with Gasteiger partial charge in [-0.3, -0.25) is 0 Å². The molecule has 0 atom stereocenters. The Hall–Kier alpha value is -0.580. The lowest BCUT2D eigenvalue weighted by atomic mass is 10.3. The minimum Gasteiger partial charge on any atom is -0.210 e. The SMILES string of the molecule is CCNS(=O)(=O)C(F)(F)C(F)(F)C(F)(F)F. The van der Waals surface area contributed by atoms with Crippen molar-refractivity contribution >= 4 is 10.0 Å². The van der Waals surface area contributed by atoms with Crippen molar-refractivity contribution in [3.05, 3.63) is 0 Å². The molecule has 0 saturated heterocycles. The third-order valence-corrected chi connectivity index (χ3v) is 2.99. The molecule has 0 saturated carbocycles. The molecular weight excluding hydrogens is 271 g/mol. The van der Waals surface area contributed by atoms with Gasteiger partial charge in [-0.1, -0.05) is 6.92 Å². The average Bonchev–Trinajstić information content (AvgIpc) is 2.01. The van der Waals surface area contributed by atoms with Gasteiger partial charge >= 0.3 is 17.4 Å². The Balaban J connectivity index is 5.54. The Bertz CT molecular complexity index is 346. The number of halogens is 7. The fraction of sp³-hybridized carbons (Fsp3) is 1.00. The smallest absolute Gasteiger partial charge is 0.210 e. The molecule has 0 unspecified atom stereocenters. The molecule has 0 aromatic heterocycles. The molecule has 0 radical (unpaired) electrons. The van der Waals surface area contributed by atoms with Crippen LogP contribution in [0.5, 0.6) is 0 Å². The van der Waals surface area contributed by atoms with Crippen molar-refractivity contribution in [3.63, 3.8) is 0 Å². The fourth-order valence-electron chi connectivity index (χ4n) is 0.614. The van der Waals surface area contributed by atoms with Crippen LogP contribution in [0.1, 0.15) is 6.92 Å². The number of nitrogens with one attached hydrogen (secondary N) is 1. The summed E-state index contributed by atoms with van der Waals surface area (Å²) in [4.78, 5) is 0. The van der Waals surface area contributed by atoms with E-state index in [0.717, 1.165) is 11.6 Å². The van der Waals surface area contributed by atoms with Gasteiger partial charge in [0, 0.05) is 6.54 Å². The van der Waals surface area contributed by atoms with Crippen molar-refractivity contribution in [1.82, 2.24) is 4.72 Å². The van der Waals surface area contributed by atoms with E-state index >= 15 is 0 Å². The van der Waals surface area contributed by atoms with Crippen LogP contribution in [-0.4, -0.2) is 32.3 Å². The standard InChI is InChI=1S/C5H6F7NO2S/c1-2-13-16(14,15)5(11,12)3(6,7)4(8,9)10/h13H,2H2,1H3. The first kappa shape index (κ1) is 15.4. The predicted octanol–water partition coefficient (Wildman–Crippen LogP) is 1.72. The van der Waals surface area contributed by atoms with E-state index in [4.69, 9.17) is 0 Å². The summed E-state index contributed by atoms with van der Waals surface area (Å²) in [6, 6.07) is 0. The third-order valence-electron chi connectivity index (χ3n) is 1.39. The molecule has 0 spiro atoms. The van der Waals surface area contributed by atoms with Crippen LogP contribution in [0.15, 0.2) is 0 Å². The minimum absolute atomic E-state index is 0.744. The Morgan fingerprint density at radius 3 is 1.62 bits per heavy atom. The van der Waals surface area contributed by atoms with Crippen LogP contribution in [0.25, 0.3) is 0 Å². The van der Waals surface area contributed by atoms with E-state index < -0.39 is 33.9 Å². The lowest BCUT2D eigenvalue weighted by Crippen LogP contribution is -2.58. The Kier molecular flexibility index (Phi) is 3.87. The third kappa shape index (κ3) is 2.24. The van der Waals surface area contributed by atoms with Crippen LogP contribution < -0.4 is 4.72 Å². The highest BCUT2D eigenvalue weighted by Gasteiger charge is 2.78. The summed E-state index contributed by atoms with van der Waals surface area (Å²) in [7, 11) is -6.10. The molecule has 11 heteroatoms. The molecule has 0 heterocycles. The summed E-state index contributed by atoms with van der Waals surface area (Å²) < 4.78 is 106. The first-order chi connectivity index (χ1) is 6.81. The van der Waals surface area contributed by atoms with Crippen molar-refractivity contribution in [2.24, 2.45) is 0 Å². The summed E-state index contributed by atoms with van der Waals surface area (Å²) in [5.74, 6) is -6.67. The molecule has 0 aromatic rings. The lowest BCUT2D eigenvalue weighted by molar-refractivity contribution is -0.332. The van der Waals surface area contributed by atoms with Crippen molar-refractivity contribution in [2.75, 3.05) is 6.54 Å².